The van der Waals surface area contributed by atoms with Crippen LogP contribution < -0.4 is 11.1 Å². The second-order valence-electron chi connectivity index (χ2n) is 10.3. The van der Waals surface area contributed by atoms with Gasteiger partial charge in [-0.25, -0.2) is 9.97 Å². The lowest BCUT2D eigenvalue weighted by Crippen LogP contribution is -2.37. The number of nitrogens with one attached hydrogen (secondary N) is 1. The van der Waals surface area contributed by atoms with Gasteiger partial charge >= 0.3 is 18.1 Å². The van der Waals surface area contributed by atoms with Gasteiger partial charge in [0.15, 0.2) is 5.82 Å². The van der Waals surface area contributed by atoms with Gasteiger partial charge in [-0.3, -0.25) is 14.3 Å². The molecule has 0 saturated heterocycles. The van der Waals surface area contributed by atoms with Crippen LogP contribution in [0.2, 0.25) is 5.02 Å². The largest absolute Gasteiger partial charge is 0.481 e. The van der Waals surface area contributed by atoms with Crippen LogP contribution in [0, 0.1) is 11.3 Å². The molecule has 44 heavy (non-hydrogen) atoms. The van der Waals surface area contributed by atoms with E-state index in [4.69, 9.17) is 22.4 Å². The number of carboxylic acid groups (broad SMARTS) is 1. The van der Waals surface area contributed by atoms with E-state index >= 15 is 0 Å². The Morgan fingerprint density at radius 1 is 1.18 bits per heavy atom. The van der Waals surface area contributed by atoms with Gasteiger partial charge in [0.05, 0.1) is 22.7 Å². The maximum atomic E-state index is 13.7. The van der Waals surface area contributed by atoms with Gasteiger partial charge in [-0.2, -0.15) is 32.3 Å². The van der Waals surface area contributed by atoms with Crippen molar-refractivity contribution in [3.05, 3.63) is 63.7 Å². The van der Waals surface area contributed by atoms with E-state index in [0.717, 1.165) is 4.68 Å². The molecule has 0 saturated carbocycles. The van der Waals surface area contributed by atoms with E-state index in [0.29, 0.717) is 11.1 Å². The van der Waals surface area contributed by atoms with E-state index in [9.17, 15) is 36.8 Å². The average Bonchev–Trinajstić information content (AvgIpc) is 3.44. The molecule has 1 aliphatic heterocycles. The average molecular weight is 634 g/mol. The Balaban J connectivity index is 1.57. The molecule has 16 heteroatoms. The molecular formula is C28H21ClF5N7O3. The third-order valence-corrected chi connectivity index (χ3v) is 7.75. The summed E-state index contributed by atoms with van der Waals surface area (Å²) in [5, 5.41) is 26.0. The number of aromatic nitrogens is 4. The second kappa shape index (κ2) is 10.7. The molecule has 1 aliphatic rings. The standard InChI is InChI=1S/C28H21ClF5N7O3/c1-26(15-4-2-13(3-7-19(42)43)14(10-15)12-35)20-22(36)37-24(38-23(20)39-25(26)44)21-17-6-5-16(29)11-18(17)41(40-21)9-8-27(30,31)28(32,33)34/h2,4-6,10-11H,3,7-9H2,1H3,(H,42,43)(H3,36,37,38,39,44)/t26-/m0/s1. The molecule has 1 amide bonds. The molecule has 0 bridgehead atoms. The molecule has 0 unspecified atom stereocenters. The zero-order chi connectivity index (χ0) is 32.2. The Bertz CT molecular complexity index is 1890. The molecule has 2 aromatic carbocycles. The van der Waals surface area contributed by atoms with Crippen molar-refractivity contribution in [2.45, 2.75) is 50.2 Å². The number of halogens is 6. The van der Waals surface area contributed by atoms with Gasteiger partial charge in [0.1, 0.15) is 22.7 Å². The highest BCUT2D eigenvalue weighted by molar-refractivity contribution is 6.31. The number of anilines is 2. The second-order valence-corrected chi connectivity index (χ2v) is 10.7. The number of rotatable bonds is 8. The Hall–Kier alpha value is -4.84. The fourth-order valence-electron chi connectivity index (χ4n) is 5.11. The van der Waals surface area contributed by atoms with Gasteiger partial charge < -0.3 is 16.2 Å². The van der Waals surface area contributed by atoms with Gasteiger partial charge in [0.2, 0.25) is 5.91 Å². The van der Waals surface area contributed by atoms with Crippen LogP contribution in [0.1, 0.15) is 42.0 Å². The zero-order valence-electron chi connectivity index (χ0n) is 22.6. The molecule has 3 heterocycles. The van der Waals surface area contributed by atoms with Crippen LogP contribution in [-0.2, 0) is 28.0 Å². The summed E-state index contributed by atoms with van der Waals surface area (Å²) in [7, 11) is 0. The lowest BCUT2D eigenvalue weighted by atomic mass is 9.76. The molecule has 4 N–H and O–H groups in total. The van der Waals surface area contributed by atoms with Crippen molar-refractivity contribution in [2.75, 3.05) is 11.1 Å². The Labute approximate surface area is 250 Å². The van der Waals surface area contributed by atoms with Crippen LogP contribution >= 0.6 is 11.6 Å². The van der Waals surface area contributed by atoms with Gasteiger partial charge in [-0.15, -0.1) is 0 Å². The predicted molar refractivity (Wildman–Crippen MR) is 148 cm³/mol. The lowest BCUT2D eigenvalue weighted by Gasteiger charge is -2.24. The van der Waals surface area contributed by atoms with Gasteiger partial charge in [0, 0.05) is 29.8 Å². The maximum absolute atomic E-state index is 13.7. The zero-order valence-corrected chi connectivity index (χ0v) is 23.4. The number of hydrogen-bond acceptors (Lipinski definition) is 7. The third kappa shape index (κ3) is 5.15. The predicted octanol–water partition coefficient (Wildman–Crippen LogP) is 5.46. The highest BCUT2D eigenvalue weighted by atomic mass is 35.5. The lowest BCUT2D eigenvalue weighted by molar-refractivity contribution is -0.285. The molecule has 4 aromatic rings. The van der Waals surface area contributed by atoms with E-state index in [1.165, 1.54) is 24.3 Å². The molecule has 5 rings (SSSR count). The summed E-state index contributed by atoms with van der Waals surface area (Å²) in [5.74, 6) is -6.83. The number of carboxylic acids is 1. The van der Waals surface area contributed by atoms with E-state index in [2.05, 4.69) is 20.4 Å². The number of hydrogen-bond donors (Lipinski definition) is 3. The minimum Gasteiger partial charge on any atom is -0.481 e. The molecule has 1 atom stereocenters. The summed E-state index contributed by atoms with van der Waals surface area (Å²) >= 11 is 6.06. The van der Waals surface area contributed by atoms with Crippen LogP contribution in [0.15, 0.2) is 36.4 Å². The number of carbonyl (C=O) groups is 2. The first-order valence-electron chi connectivity index (χ1n) is 12.9. The topological polar surface area (TPSA) is 160 Å². The number of alkyl halides is 5. The number of carbonyl (C=O) groups excluding carboxylic acids is 1. The highest BCUT2D eigenvalue weighted by Gasteiger charge is 2.57. The highest BCUT2D eigenvalue weighted by Crippen LogP contribution is 2.46. The van der Waals surface area contributed by atoms with E-state index < -0.39 is 42.4 Å². The fraction of sp³-hybridized carbons (Fsp3) is 0.286. The van der Waals surface area contributed by atoms with Gasteiger partial charge in [-0.1, -0.05) is 23.7 Å². The van der Waals surface area contributed by atoms with Crippen molar-refractivity contribution in [1.29, 1.82) is 5.26 Å². The minimum absolute atomic E-state index is 0.00102. The summed E-state index contributed by atoms with van der Waals surface area (Å²) < 4.78 is 66.7. The van der Waals surface area contributed by atoms with Crippen molar-refractivity contribution in [2.24, 2.45) is 0 Å². The molecule has 228 valence electrons. The molecule has 0 fully saturated rings. The number of aryl methyl sites for hydroxylation is 2. The monoisotopic (exact) mass is 633 g/mol. The van der Waals surface area contributed by atoms with E-state index in [1.807, 2.05) is 6.07 Å². The van der Waals surface area contributed by atoms with Crippen LogP contribution in [-0.4, -0.2) is 48.8 Å². The summed E-state index contributed by atoms with van der Waals surface area (Å²) in [6, 6.07) is 10.9. The summed E-state index contributed by atoms with van der Waals surface area (Å²) in [6.07, 6.45) is -7.42. The SMILES string of the molecule is C[C@@]1(c2ccc(CCC(=O)O)c(C#N)c2)C(=O)Nc2nc(-c3nn(CCC(F)(F)C(F)(F)F)c4cc(Cl)ccc34)nc(N)c21. The Kier molecular flexibility index (Phi) is 7.45. The van der Waals surface area contributed by atoms with Crippen LogP contribution in [0.5, 0.6) is 0 Å². The number of nitriles is 1. The molecule has 0 spiro atoms. The number of nitrogens with zero attached hydrogens (tertiary/aromatic N) is 5. The first-order valence-corrected chi connectivity index (χ1v) is 13.3. The normalized spacial score (nSPS) is 16.5. The summed E-state index contributed by atoms with van der Waals surface area (Å²) in [6.45, 7) is 0.732. The van der Waals surface area contributed by atoms with E-state index in [-0.39, 0.29) is 63.0 Å². The molecular weight excluding hydrogens is 613 g/mol. The number of nitrogen functional groups attached to an aromatic ring is 1. The maximum Gasteiger partial charge on any atom is 0.453 e. The number of benzene rings is 2. The number of amides is 1. The van der Waals surface area contributed by atoms with Gasteiger partial charge in [-0.05, 0) is 48.7 Å². The van der Waals surface area contributed by atoms with Crippen LogP contribution in [0.4, 0.5) is 33.6 Å². The summed E-state index contributed by atoms with van der Waals surface area (Å²) in [5.41, 5.74) is 6.24. The first-order chi connectivity index (χ1) is 20.6. The fourth-order valence-corrected chi connectivity index (χ4v) is 5.28. The molecule has 2 aromatic heterocycles. The number of nitrogens with two attached hydrogens (primary N) is 1. The Morgan fingerprint density at radius 2 is 1.91 bits per heavy atom. The minimum atomic E-state index is -5.74. The van der Waals surface area contributed by atoms with Crippen LogP contribution in [0.3, 0.4) is 0 Å². The van der Waals surface area contributed by atoms with Crippen molar-refractivity contribution in [3.63, 3.8) is 0 Å². The first kappa shape index (κ1) is 30.6. The van der Waals surface area contributed by atoms with Gasteiger partial charge in [0.25, 0.3) is 0 Å². The van der Waals surface area contributed by atoms with Crippen molar-refractivity contribution >= 4 is 46.0 Å². The van der Waals surface area contributed by atoms with Crippen molar-refractivity contribution in [3.8, 4) is 17.6 Å². The molecule has 10 nitrogen and oxygen atoms in total. The molecule has 0 aliphatic carbocycles. The summed E-state index contributed by atoms with van der Waals surface area (Å²) in [4.78, 5) is 33.1. The number of fused-ring (bicyclic) bond motifs is 2. The van der Waals surface area contributed by atoms with Crippen LogP contribution in [0.25, 0.3) is 22.4 Å². The smallest absolute Gasteiger partial charge is 0.453 e. The molecule has 0 radical (unpaired) electrons. The Morgan fingerprint density at radius 3 is 2.57 bits per heavy atom. The van der Waals surface area contributed by atoms with E-state index in [1.54, 1.807) is 19.1 Å². The van der Waals surface area contributed by atoms with Crippen molar-refractivity contribution < 1.29 is 36.6 Å². The van der Waals surface area contributed by atoms with Crippen molar-refractivity contribution in [1.82, 2.24) is 19.7 Å². The number of aliphatic carboxylic acids is 1. The quantitative estimate of drug-likeness (QED) is 0.216. The third-order valence-electron chi connectivity index (χ3n) is 7.52.